The predicted molar refractivity (Wildman–Crippen MR) is 73.0 cm³/mol. The summed E-state index contributed by atoms with van der Waals surface area (Å²) in [5.41, 5.74) is 0.823. The van der Waals surface area contributed by atoms with Crippen LogP contribution in [0.1, 0.15) is 32.6 Å². The number of nitrogens with one attached hydrogen (secondary N) is 1. The van der Waals surface area contributed by atoms with E-state index < -0.39 is 12.1 Å². The molecule has 1 fully saturated rings. The van der Waals surface area contributed by atoms with Crippen LogP contribution in [-0.4, -0.2) is 18.8 Å². The minimum Gasteiger partial charge on any atom is -0.494 e. The number of rotatable bonds is 4. The topological polar surface area (TPSA) is 21.3 Å². The van der Waals surface area contributed by atoms with Crippen molar-refractivity contribution in [1.29, 1.82) is 0 Å². The Morgan fingerprint density at radius 3 is 2.80 bits per heavy atom. The molecule has 0 amide bonds. The number of halogens is 3. The number of hydrogen-bond acceptors (Lipinski definition) is 2. The summed E-state index contributed by atoms with van der Waals surface area (Å²) in [7, 11) is 0. The van der Waals surface area contributed by atoms with Gasteiger partial charge in [-0.15, -0.1) is 0 Å². The Morgan fingerprint density at radius 2 is 2.10 bits per heavy atom. The standard InChI is InChI=1S/C15H20F3NO/c1-2-20-14-8-4-7-13(10-14)19-12-6-3-5-11(9-12)15(16,17)18/h4,7-8,10-12,19H,2-3,5-6,9H2,1H3. The molecule has 0 spiro atoms. The highest BCUT2D eigenvalue weighted by Gasteiger charge is 2.42. The Hall–Kier alpha value is -1.39. The molecule has 2 nitrogen and oxygen atoms in total. The highest BCUT2D eigenvalue weighted by Crippen LogP contribution is 2.38. The fourth-order valence-electron chi connectivity index (χ4n) is 2.70. The normalized spacial score (nSPS) is 23.4. The molecule has 20 heavy (non-hydrogen) atoms. The van der Waals surface area contributed by atoms with Gasteiger partial charge in [0, 0.05) is 17.8 Å². The maximum Gasteiger partial charge on any atom is 0.391 e. The van der Waals surface area contributed by atoms with Crippen LogP contribution < -0.4 is 10.1 Å². The molecule has 1 N–H and O–H groups in total. The van der Waals surface area contributed by atoms with Crippen molar-refractivity contribution < 1.29 is 17.9 Å². The van der Waals surface area contributed by atoms with Gasteiger partial charge in [-0.05, 0) is 38.3 Å². The monoisotopic (exact) mass is 287 g/mol. The van der Waals surface area contributed by atoms with Gasteiger partial charge in [0.2, 0.25) is 0 Å². The van der Waals surface area contributed by atoms with Crippen molar-refractivity contribution >= 4 is 5.69 Å². The molecular weight excluding hydrogens is 267 g/mol. The van der Waals surface area contributed by atoms with Crippen LogP contribution in [0.2, 0.25) is 0 Å². The molecule has 0 radical (unpaired) electrons. The highest BCUT2D eigenvalue weighted by atomic mass is 19.4. The molecule has 1 aromatic carbocycles. The van der Waals surface area contributed by atoms with Gasteiger partial charge < -0.3 is 10.1 Å². The van der Waals surface area contributed by atoms with E-state index >= 15 is 0 Å². The third-order valence-electron chi connectivity index (χ3n) is 3.65. The zero-order valence-corrected chi connectivity index (χ0v) is 11.5. The molecule has 0 saturated heterocycles. The second kappa shape index (κ2) is 6.37. The van der Waals surface area contributed by atoms with Crippen LogP contribution in [-0.2, 0) is 0 Å². The molecule has 0 aromatic heterocycles. The highest BCUT2D eigenvalue weighted by molar-refractivity contribution is 5.48. The minimum absolute atomic E-state index is 0.118. The predicted octanol–water partition coefficient (Wildman–Crippen LogP) is 4.62. The molecule has 0 bridgehead atoms. The van der Waals surface area contributed by atoms with Gasteiger partial charge in [-0.2, -0.15) is 13.2 Å². The lowest BCUT2D eigenvalue weighted by Crippen LogP contribution is -2.34. The van der Waals surface area contributed by atoms with Crippen molar-refractivity contribution in [3.8, 4) is 5.75 Å². The van der Waals surface area contributed by atoms with Crippen LogP contribution in [0.15, 0.2) is 24.3 Å². The number of anilines is 1. The molecule has 5 heteroatoms. The van der Waals surface area contributed by atoms with E-state index in [4.69, 9.17) is 4.74 Å². The van der Waals surface area contributed by atoms with Gasteiger partial charge in [-0.1, -0.05) is 12.5 Å². The van der Waals surface area contributed by atoms with E-state index in [9.17, 15) is 13.2 Å². The average molecular weight is 287 g/mol. The summed E-state index contributed by atoms with van der Waals surface area (Å²) in [6.45, 7) is 2.47. The second-order valence-electron chi connectivity index (χ2n) is 5.21. The van der Waals surface area contributed by atoms with Crippen LogP contribution in [0.3, 0.4) is 0 Å². The fraction of sp³-hybridized carbons (Fsp3) is 0.600. The Kier molecular flexibility index (Phi) is 4.78. The van der Waals surface area contributed by atoms with Crippen molar-refractivity contribution in [3.63, 3.8) is 0 Å². The van der Waals surface area contributed by atoms with E-state index in [0.29, 0.717) is 13.0 Å². The summed E-state index contributed by atoms with van der Waals surface area (Å²) >= 11 is 0. The number of ether oxygens (including phenoxy) is 1. The molecule has 1 aromatic rings. The fourth-order valence-corrected chi connectivity index (χ4v) is 2.70. The van der Waals surface area contributed by atoms with Crippen LogP contribution >= 0.6 is 0 Å². The van der Waals surface area contributed by atoms with Crippen molar-refractivity contribution in [1.82, 2.24) is 0 Å². The number of benzene rings is 1. The second-order valence-corrected chi connectivity index (χ2v) is 5.21. The first kappa shape index (κ1) is 15.0. The Balaban J connectivity index is 1.97. The van der Waals surface area contributed by atoms with Gasteiger partial charge in [0.1, 0.15) is 5.75 Å². The van der Waals surface area contributed by atoms with Crippen molar-refractivity contribution in [2.45, 2.75) is 44.8 Å². The van der Waals surface area contributed by atoms with E-state index in [0.717, 1.165) is 17.9 Å². The lowest BCUT2D eigenvalue weighted by atomic mass is 9.85. The third-order valence-corrected chi connectivity index (χ3v) is 3.65. The molecule has 2 rings (SSSR count). The first-order chi connectivity index (χ1) is 9.49. The third kappa shape index (κ3) is 4.05. The Morgan fingerprint density at radius 1 is 1.30 bits per heavy atom. The zero-order valence-electron chi connectivity index (χ0n) is 11.5. The smallest absolute Gasteiger partial charge is 0.391 e. The molecule has 0 heterocycles. The number of hydrogen-bond donors (Lipinski definition) is 1. The summed E-state index contributed by atoms with van der Waals surface area (Å²) in [5, 5.41) is 3.20. The van der Waals surface area contributed by atoms with Crippen molar-refractivity contribution in [3.05, 3.63) is 24.3 Å². The van der Waals surface area contributed by atoms with Crippen LogP contribution in [0.4, 0.5) is 18.9 Å². The average Bonchev–Trinajstić information content (AvgIpc) is 2.39. The van der Waals surface area contributed by atoms with Crippen LogP contribution in [0.25, 0.3) is 0 Å². The maximum absolute atomic E-state index is 12.8. The van der Waals surface area contributed by atoms with Gasteiger partial charge >= 0.3 is 6.18 Å². The SMILES string of the molecule is CCOc1cccc(NC2CCCC(C(F)(F)F)C2)c1. The van der Waals surface area contributed by atoms with Gasteiger partial charge in [0.05, 0.1) is 12.5 Å². The number of alkyl halides is 3. The molecule has 112 valence electrons. The molecule has 1 aliphatic rings. The van der Waals surface area contributed by atoms with Gasteiger partial charge in [0.25, 0.3) is 0 Å². The summed E-state index contributed by atoms with van der Waals surface area (Å²) < 4.78 is 43.7. The van der Waals surface area contributed by atoms with E-state index in [1.807, 2.05) is 31.2 Å². The van der Waals surface area contributed by atoms with E-state index in [1.165, 1.54) is 0 Å². The lowest BCUT2D eigenvalue weighted by Gasteiger charge is -2.31. The van der Waals surface area contributed by atoms with Gasteiger partial charge in [-0.3, -0.25) is 0 Å². The Labute approximate surface area is 117 Å². The summed E-state index contributed by atoms with van der Waals surface area (Å²) in [6.07, 6.45) is -2.27. The zero-order chi connectivity index (χ0) is 14.6. The molecular formula is C15H20F3NO. The van der Waals surface area contributed by atoms with Crippen molar-refractivity contribution in [2.24, 2.45) is 5.92 Å². The molecule has 0 aliphatic heterocycles. The maximum atomic E-state index is 12.8. The van der Waals surface area contributed by atoms with Gasteiger partial charge in [-0.25, -0.2) is 0 Å². The first-order valence-corrected chi connectivity index (χ1v) is 7.05. The largest absolute Gasteiger partial charge is 0.494 e. The van der Waals surface area contributed by atoms with Crippen LogP contribution in [0, 0.1) is 5.92 Å². The molecule has 1 saturated carbocycles. The lowest BCUT2D eigenvalue weighted by molar-refractivity contribution is -0.182. The molecule has 2 unspecified atom stereocenters. The van der Waals surface area contributed by atoms with Gasteiger partial charge in [0.15, 0.2) is 0 Å². The molecule has 2 atom stereocenters. The first-order valence-electron chi connectivity index (χ1n) is 7.05. The van der Waals surface area contributed by atoms with E-state index in [2.05, 4.69) is 5.32 Å². The summed E-state index contributed by atoms with van der Waals surface area (Å²) in [5.74, 6) is -0.440. The van der Waals surface area contributed by atoms with E-state index in [-0.39, 0.29) is 18.9 Å². The quantitative estimate of drug-likeness (QED) is 0.872. The Bertz CT molecular complexity index is 433. The van der Waals surface area contributed by atoms with Crippen molar-refractivity contribution in [2.75, 3.05) is 11.9 Å². The molecule has 1 aliphatic carbocycles. The summed E-state index contributed by atoms with van der Waals surface area (Å²) in [4.78, 5) is 0. The summed E-state index contributed by atoms with van der Waals surface area (Å²) in [6, 6.07) is 7.26. The van der Waals surface area contributed by atoms with E-state index in [1.54, 1.807) is 0 Å². The minimum atomic E-state index is -4.08. The van der Waals surface area contributed by atoms with Crippen LogP contribution in [0.5, 0.6) is 5.75 Å².